The highest BCUT2D eigenvalue weighted by Crippen LogP contribution is 2.31. The third kappa shape index (κ3) is 4.52. The third-order valence-corrected chi connectivity index (χ3v) is 2.38. The highest BCUT2D eigenvalue weighted by atomic mass is 35.5. The van der Waals surface area contributed by atoms with Gasteiger partial charge in [-0.05, 0) is 23.8 Å². The molecular weight excluding hydrogens is 301 g/mol. The van der Waals surface area contributed by atoms with Gasteiger partial charge in [-0.25, -0.2) is 0 Å². The van der Waals surface area contributed by atoms with Gasteiger partial charge in [-0.3, -0.25) is 0 Å². The summed E-state index contributed by atoms with van der Waals surface area (Å²) in [5, 5.41) is 9.27. The summed E-state index contributed by atoms with van der Waals surface area (Å²) in [4.78, 5) is 0. The molecule has 1 aromatic rings. The molecule has 0 saturated carbocycles. The molecule has 0 aliphatic heterocycles. The Morgan fingerprint density at radius 3 is 1.88 bits per heavy atom. The van der Waals surface area contributed by atoms with E-state index < -0.39 is 18.3 Å². The second-order valence-electron chi connectivity index (χ2n) is 3.22. The van der Waals surface area contributed by atoms with Gasteiger partial charge >= 0.3 is 6.18 Å². The van der Waals surface area contributed by atoms with Crippen molar-refractivity contribution >= 4 is 35.6 Å². The van der Waals surface area contributed by atoms with Crippen molar-refractivity contribution in [3.63, 3.8) is 0 Å². The van der Waals surface area contributed by atoms with Crippen molar-refractivity contribution in [3.05, 3.63) is 33.8 Å². The van der Waals surface area contributed by atoms with E-state index in [9.17, 15) is 13.2 Å². The molecule has 0 bridgehead atoms. The van der Waals surface area contributed by atoms with Crippen LogP contribution in [-0.4, -0.2) is 17.4 Å². The zero-order valence-corrected chi connectivity index (χ0v) is 10.5. The standard InChI is InChI=1S/C9H8Cl2F3NO.ClH/c10-5-1-4(2-6(11)3-5)7(15)8(16)9(12,13)14;/h1-3,7-8,16H,15H2;1H/t7-,8-;/m1./s1. The SMILES string of the molecule is Cl.N[C@H](c1cc(Cl)cc(Cl)c1)[C@@H](O)C(F)(F)F. The molecule has 2 nitrogen and oxygen atoms in total. The van der Waals surface area contributed by atoms with E-state index in [4.69, 9.17) is 34.0 Å². The van der Waals surface area contributed by atoms with Gasteiger partial charge in [-0.1, -0.05) is 23.2 Å². The number of alkyl halides is 3. The summed E-state index contributed by atoms with van der Waals surface area (Å²) in [6.45, 7) is 0. The topological polar surface area (TPSA) is 46.2 Å². The molecule has 1 rings (SSSR count). The van der Waals surface area contributed by atoms with Crippen molar-refractivity contribution in [2.75, 3.05) is 0 Å². The number of rotatable bonds is 2. The van der Waals surface area contributed by atoms with Crippen molar-refractivity contribution in [3.8, 4) is 0 Å². The first-order chi connectivity index (χ1) is 7.21. The Balaban J connectivity index is 0.00000256. The second-order valence-corrected chi connectivity index (χ2v) is 4.09. The molecule has 3 N–H and O–H groups in total. The number of aliphatic hydroxyl groups is 1. The largest absolute Gasteiger partial charge is 0.416 e. The maximum atomic E-state index is 12.2. The molecule has 0 saturated heterocycles. The Morgan fingerprint density at radius 1 is 1.12 bits per heavy atom. The monoisotopic (exact) mass is 309 g/mol. The van der Waals surface area contributed by atoms with E-state index in [2.05, 4.69) is 0 Å². The Hall–Kier alpha value is -0.200. The van der Waals surface area contributed by atoms with E-state index in [1.807, 2.05) is 0 Å². The van der Waals surface area contributed by atoms with Crippen LogP contribution in [0.25, 0.3) is 0 Å². The molecule has 98 valence electrons. The fourth-order valence-electron chi connectivity index (χ4n) is 1.15. The lowest BCUT2D eigenvalue weighted by Crippen LogP contribution is -2.38. The van der Waals surface area contributed by atoms with Gasteiger partial charge in [0.15, 0.2) is 6.10 Å². The number of hydrogen-bond acceptors (Lipinski definition) is 2. The Morgan fingerprint density at radius 2 is 1.53 bits per heavy atom. The van der Waals surface area contributed by atoms with Gasteiger partial charge < -0.3 is 10.8 Å². The van der Waals surface area contributed by atoms with E-state index in [1.165, 1.54) is 18.2 Å². The average Bonchev–Trinajstić information content (AvgIpc) is 2.12. The minimum absolute atomic E-state index is 0. The summed E-state index contributed by atoms with van der Waals surface area (Å²) in [7, 11) is 0. The number of halogens is 6. The van der Waals surface area contributed by atoms with Crippen LogP contribution in [0.4, 0.5) is 13.2 Å². The normalized spacial score (nSPS) is 15.0. The van der Waals surface area contributed by atoms with Gasteiger partial charge in [-0.2, -0.15) is 13.2 Å². The van der Waals surface area contributed by atoms with Crippen LogP contribution in [0.3, 0.4) is 0 Å². The molecule has 0 aromatic heterocycles. The molecule has 2 atom stereocenters. The molecule has 0 aliphatic rings. The predicted molar refractivity (Wildman–Crippen MR) is 62.7 cm³/mol. The smallest absolute Gasteiger partial charge is 0.382 e. The number of nitrogens with two attached hydrogens (primary N) is 1. The first kappa shape index (κ1) is 16.8. The molecule has 0 amide bonds. The van der Waals surface area contributed by atoms with Crippen LogP contribution in [0, 0.1) is 0 Å². The minimum atomic E-state index is -4.78. The molecule has 0 fully saturated rings. The van der Waals surface area contributed by atoms with Crippen LogP contribution in [0.15, 0.2) is 18.2 Å². The third-order valence-electron chi connectivity index (χ3n) is 1.95. The molecule has 1 aromatic carbocycles. The molecule has 0 radical (unpaired) electrons. The summed E-state index contributed by atoms with van der Waals surface area (Å²) < 4.78 is 36.6. The van der Waals surface area contributed by atoms with Gasteiger partial charge in [0, 0.05) is 10.0 Å². The molecule has 0 spiro atoms. The molecule has 17 heavy (non-hydrogen) atoms. The van der Waals surface area contributed by atoms with Gasteiger partial charge in [0.25, 0.3) is 0 Å². The first-order valence-electron chi connectivity index (χ1n) is 4.18. The van der Waals surface area contributed by atoms with Crippen molar-refractivity contribution in [2.24, 2.45) is 5.73 Å². The van der Waals surface area contributed by atoms with E-state index in [1.54, 1.807) is 0 Å². The number of hydrogen-bond donors (Lipinski definition) is 2. The van der Waals surface area contributed by atoms with Crippen LogP contribution in [-0.2, 0) is 0 Å². The minimum Gasteiger partial charge on any atom is -0.382 e. The van der Waals surface area contributed by atoms with Crippen molar-refractivity contribution < 1.29 is 18.3 Å². The maximum absolute atomic E-state index is 12.2. The van der Waals surface area contributed by atoms with Gasteiger partial charge in [0.05, 0.1) is 6.04 Å². The van der Waals surface area contributed by atoms with Crippen LogP contribution >= 0.6 is 35.6 Å². The fraction of sp³-hybridized carbons (Fsp3) is 0.333. The Bertz CT molecular complexity index is 366. The van der Waals surface area contributed by atoms with E-state index in [-0.39, 0.29) is 28.0 Å². The Labute approximate surface area is 112 Å². The van der Waals surface area contributed by atoms with Crippen molar-refractivity contribution in [1.82, 2.24) is 0 Å². The predicted octanol–water partition coefficient (Wildman–Crippen LogP) is 3.34. The quantitative estimate of drug-likeness (QED) is 0.880. The highest BCUT2D eigenvalue weighted by Gasteiger charge is 2.42. The van der Waals surface area contributed by atoms with Gasteiger partial charge in [0.2, 0.25) is 0 Å². The maximum Gasteiger partial charge on any atom is 0.416 e. The summed E-state index contributed by atoms with van der Waals surface area (Å²) in [5.41, 5.74) is 5.31. The van der Waals surface area contributed by atoms with E-state index in [0.29, 0.717) is 0 Å². The van der Waals surface area contributed by atoms with Gasteiger partial charge in [0.1, 0.15) is 0 Å². The summed E-state index contributed by atoms with van der Waals surface area (Å²) in [6, 6.07) is 2.20. The van der Waals surface area contributed by atoms with Crippen molar-refractivity contribution in [1.29, 1.82) is 0 Å². The number of aliphatic hydroxyl groups excluding tert-OH is 1. The zero-order valence-electron chi connectivity index (χ0n) is 8.21. The lowest BCUT2D eigenvalue weighted by Gasteiger charge is -2.21. The van der Waals surface area contributed by atoms with Crippen LogP contribution in [0.5, 0.6) is 0 Å². The molecule has 8 heteroatoms. The molecule has 0 unspecified atom stereocenters. The molecule has 0 aliphatic carbocycles. The van der Waals surface area contributed by atoms with Crippen LogP contribution < -0.4 is 5.73 Å². The van der Waals surface area contributed by atoms with E-state index >= 15 is 0 Å². The summed E-state index contributed by atoms with van der Waals surface area (Å²) in [6.07, 6.45) is -7.43. The summed E-state index contributed by atoms with van der Waals surface area (Å²) in [5.74, 6) is 0. The van der Waals surface area contributed by atoms with Crippen LogP contribution in [0.1, 0.15) is 11.6 Å². The first-order valence-corrected chi connectivity index (χ1v) is 4.94. The zero-order chi connectivity index (χ0) is 12.5. The fourth-order valence-corrected chi connectivity index (χ4v) is 1.70. The lowest BCUT2D eigenvalue weighted by atomic mass is 10.0. The molecular formula is C9H9Cl3F3NO. The summed E-state index contributed by atoms with van der Waals surface area (Å²) >= 11 is 11.2. The average molecular weight is 311 g/mol. The lowest BCUT2D eigenvalue weighted by molar-refractivity contribution is -0.210. The van der Waals surface area contributed by atoms with Crippen molar-refractivity contribution in [2.45, 2.75) is 18.3 Å². The molecule has 0 heterocycles. The second kappa shape index (κ2) is 6.11. The Kier molecular flexibility index (Phi) is 6.04. The van der Waals surface area contributed by atoms with E-state index in [0.717, 1.165) is 0 Å². The number of benzene rings is 1. The van der Waals surface area contributed by atoms with Gasteiger partial charge in [-0.15, -0.1) is 12.4 Å². The van der Waals surface area contributed by atoms with Crippen LogP contribution in [0.2, 0.25) is 10.0 Å². The highest BCUT2D eigenvalue weighted by molar-refractivity contribution is 6.34.